The van der Waals surface area contributed by atoms with Gasteiger partial charge in [-0.25, -0.2) is 0 Å². The molecule has 0 bridgehead atoms. The van der Waals surface area contributed by atoms with Crippen molar-refractivity contribution in [2.24, 2.45) is 0 Å². The van der Waals surface area contributed by atoms with E-state index >= 15 is 0 Å². The van der Waals surface area contributed by atoms with E-state index in [1.807, 2.05) is 44.2 Å². The summed E-state index contributed by atoms with van der Waals surface area (Å²) in [6, 6.07) is 7.40. The van der Waals surface area contributed by atoms with Crippen molar-refractivity contribution in [1.29, 1.82) is 0 Å². The number of hydrogen-bond acceptors (Lipinski definition) is 5. The zero-order valence-electron chi connectivity index (χ0n) is 14.9. The van der Waals surface area contributed by atoms with Crippen molar-refractivity contribution >= 4 is 23.6 Å². The van der Waals surface area contributed by atoms with Crippen LogP contribution in [0.5, 0.6) is 5.75 Å². The summed E-state index contributed by atoms with van der Waals surface area (Å²) in [5.74, 6) is 0.126. The smallest absolute Gasteiger partial charge is 0.275 e. The molecule has 2 atom stereocenters. The molecular formula is C18H24N2O4S. The molecule has 0 radical (unpaired) electrons. The fourth-order valence-corrected chi connectivity index (χ4v) is 2.92. The Balaban J connectivity index is 2.07. The van der Waals surface area contributed by atoms with Gasteiger partial charge in [-0.3, -0.25) is 9.59 Å². The summed E-state index contributed by atoms with van der Waals surface area (Å²) in [7, 11) is 1.41. The summed E-state index contributed by atoms with van der Waals surface area (Å²) in [5, 5.41) is 4.80. The number of carbonyl (C=O) groups excluding carboxylic acids is 2. The minimum absolute atomic E-state index is 0.233. The molecule has 0 aliphatic carbocycles. The van der Waals surface area contributed by atoms with E-state index in [4.69, 9.17) is 9.47 Å². The SMILES string of the molecule is CO[C@]1(Cc2ccc(OCC=C(C)C)cc2)NC(=O)[C@@H](SC)NC1=O. The molecule has 25 heavy (non-hydrogen) atoms. The number of allylic oxidation sites excluding steroid dienone is 1. The average molecular weight is 364 g/mol. The van der Waals surface area contributed by atoms with Gasteiger partial charge in [-0.05, 0) is 43.9 Å². The van der Waals surface area contributed by atoms with Crippen LogP contribution in [0, 0.1) is 0 Å². The molecular weight excluding hydrogens is 340 g/mol. The first-order valence-electron chi connectivity index (χ1n) is 7.96. The summed E-state index contributed by atoms with van der Waals surface area (Å²) < 4.78 is 11.0. The van der Waals surface area contributed by atoms with Gasteiger partial charge < -0.3 is 20.1 Å². The van der Waals surface area contributed by atoms with Gasteiger partial charge in [-0.15, -0.1) is 11.8 Å². The predicted octanol–water partition coefficient (Wildman–Crippen LogP) is 1.85. The number of thioether (sulfide) groups is 1. The van der Waals surface area contributed by atoms with E-state index in [1.165, 1.54) is 24.4 Å². The number of nitrogens with one attached hydrogen (secondary N) is 2. The Morgan fingerprint density at radius 2 is 1.96 bits per heavy atom. The van der Waals surface area contributed by atoms with Crippen LogP contribution in [-0.2, 0) is 20.7 Å². The fourth-order valence-electron chi connectivity index (χ4n) is 2.42. The summed E-state index contributed by atoms with van der Waals surface area (Å²) in [4.78, 5) is 24.6. The van der Waals surface area contributed by atoms with Crippen molar-refractivity contribution in [2.75, 3.05) is 20.0 Å². The van der Waals surface area contributed by atoms with Crippen molar-refractivity contribution in [3.8, 4) is 5.75 Å². The van der Waals surface area contributed by atoms with Crippen LogP contribution < -0.4 is 15.4 Å². The first kappa shape index (κ1) is 19.3. The third-order valence-electron chi connectivity index (χ3n) is 3.89. The highest BCUT2D eigenvalue weighted by Crippen LogP contribution is 2.22. The Hall–Kier alpha value is -1.99. The molecule has 136 valence electrons. The van der Waals surface area contributed by atoms with Crippen LogP contribution in [0.4, 0.5) is 0 Å². The van der Waals surface area contributed by atoms with E-state index in [0.29, 0.717) is 6.61 Å². The summed E-state index contributed by atoms with van der Waals surface area (Å²) in [6.07, 6.45) is 3.99. The van der Waals surface area contributed by atoms with Crippen LogP contribution in [0.25, 0.3) is 0 Å². The van der Waals surface area contributed by atoms with Gasteiger partial charge in [0, 0.05) is 13.5 Å². The number of piperazine rings is 1. The molecule has 2 N–H and O–H groups in total. The molecule has 6 nitrogen and oxygen atoms in total. The maximum Gasteiger partial charge on any atom is 0.275 e. The highest BCUT2D eigenvalue weighted by Gasteiger charge is 2.47. The molecule has 1 aromatic rings. The zero-order chi connectivity index (χ0) is 18.4. The van der Waals surface area contributed by atoms with Crippen LogP contribution in [0.2, 0.25) is 0 Å². The quantitative estimate of drug-likeness (QED) is 0.722. The van der Waals surface area contributed by atoms with E-state index in [1.54, 1.807) is 6.26 Å². The molecule has 2 rings (SSSR count). The lowest BCUT2D eigenvalue weighted by molar-refractivity contribution is -0.159. The maximum atomic E-state index is 12.4. The normalized spacial score (nSPS) is 22.8. The van der Waals surface area contributed by atoms with Crippen LogP contribution in [0.3, 0.4) is 0 Å². The van der Waals surface area contributed by atoms with Gasteiger partial charge in [0.25, 0.3) is 11.8 Å². The van der Waals surface area contributed by atoms with Crippen LogP contribution in [0.15, 0.2) is 35.9 Å². The van der Waals surface area contributed by atoms with Gasteiger partial charge >= 0.3 is 0 Å². The molecule has 0 saturated carbocycles. The molecule has 1 aliphatic heterocycles. The number of benzene rings is 1. The van der Waals surface area contributed by atoms with Gasteiger partial charge in [0.15, 0.2) is 5.37 Å². The van der Waals surface area contributed by atoms with Crippen molar-refractivity contribution < 1.29 is 19.1 Å². The number of amides is 2. The Morgan fingerprint density at radius 1 is 1.28 bits per heavy atom. The molecule has 2 amide bonds. The van der Waals surface area contributed by atoms with Gasteiger partial charge in [-0.2, -0.15) is 0 Å². The second-order valence-corrected chi connectivity index (χ2v) is 6.97. The van der Waals surface area contributed by atoms with E-state index in [-0.39, 0.29) is 18.2 Å². The van der Waals surface area contributed by atoms with E-state index in [2.05, 4.69) is 10.6 Å². The highest BCUT2D eigenvalue weighted by molar-refractivity contribution is 7.99. The Bertz CT molecular complexity index is 656. The van der Waals surface area contributed by atoms with Crippen molar-refractivity contribution in [2.45, 2.75) is 31.4 Å². The number of carbonyl (C=O) groups is 2. The van der Waals surface area contributed by atoms with Crippen molar-refractivity contribution in [3.63, 3.8) is 0 Å². The monoisotopic (exact) mass is 364 g/mol. The highest BCUT2D eigenvalue weighted by atomic mass is 32.2. The van der Waals surface area contributed by atoms with E-state index in [9.17, 15) is 9.59 Å². The second kappa shape index (κ2) is 8.40. The summed E-state index contributed by atoms with van der Waals surface area (Å²) >= 11 is 1.27. The lowest BCUT2D eigenvalue weighted by Crippen LogP contribution is -2.70. The largest absolute Gasteiger partial charge is 0.490 e. The Morgan fingerprint density at radius 3 is 2.52 bits per heavy atom. The third kappa shape index (κ3) is 4.76. The average Bonchev–Trinajstić information content (AvgIpc) is 2.59. The topological polar surface area (TPSA) is 76.7 Å². The van der Waals surface area contributed by atoms with Crippen LogP contribution in [0.1, 0.15) is 19.4 Å². The van der Waals surface area contributed by atoms with Crippen LogP contribution in [-0.4, -0.2) is 42.9 Å². The molecule has 0 aromatic heterocycles. The van der Waals surface area contributed by atoms with Crippen LogP contribution >= 0.6 is 11.8 Å². The van der Waals surface area contributed by atoms with Crippen molar-refractivity contribution in [3.05, 3.63) is 41.5 Å². The van der Waals surface area contributed by atoms with Gasteiger partial charge in [0.05, 0.1) is 0 Å². The van der Waals surface area contributed by atoms with E-state index < -0.39 is 11.1 Å². The molecule has 0 unspecified atom stereocenters. The summed E-state index contributed by atoms with van der Waals surface area (Å²) in [5.41, 5.74) is 0.657. The molecule has 1 saturated heterocycles. The molecule has 1 heterocycles. The first-order chi connectivity index (χ1) is 11.9. The molecule has 0 spiro atoms. The molecule has 1 aliphatic rings. The first-order valence-corrected chi connectivity index (χ1v) is 9.25. The molecule has 1 aromatic carbocycles. The molecule has 7 heteroatoms. The molecule has 1 fully saturated rings. The predicted molar refractivity (Wildman–Crippen MR) is 98.4 cm³/mol. The van der Waals surface area contributed by atoms with Gasteiger partial charge in [-0.1, -0.05) is 17.7 Å². The summed E-state index contributed by atoms with van der Waals surface area (Å²) in [6.45, 7) is 4.54. The standard InChI is InChI=1S/C18H24N2O4S/c1-12(2)9-10-24-14-7-5-13(6-8-14)11-18(23-3)17(22)19-16(25-4)15(21)20-18/h5-9,16H,10-11H2,1-4H3,(H,19,22)(H,20,21)/t16-,18+/m1/s1. The number of rotatable bonds is 7. The number of methoxy groups -OCH3 is 1. The maximum absolute atomic E-state index is 12.4. The minimum atomic E-state index is -1.40. The zero-order valence-corrected chi connectivity index (χ0v) is 15.7. The second-order valence-electron chi connectivity index (χ2n) is 6.02. The van der Waals surface area contributed by atoms with Gasteiger partial charge in [0.2, 0.25) is 5.72 Å². The fraction of sp³-hybridized carbons (Fsp3) is 0.444. The third-order valence-corrected chi connectivity index (χ3v) is 4.70. The van der Waals surface area contributed by atoms with Gasteiger partial charge in [0.1, 0.15) is 12.4 Å². The number of hydrogen-bond donors (Lipinski definition) is 2. The number of ether oxygens (including phenoxy) is 2. The van der Waals surface area contributed by atoms with Crippen molar-refractivity contribution in [1.82, 2.24) is 10.6 Å². The Labute approximate surface area is 152 Å². The van der Waals surface area contributed by atoms with E-state index in [0.717, 1.165) is 11.3 Å². The minimum Gasteiger partial charge on any atom is -0.490 e. The lowest BCUT2D eigenvalue weighted by atomic mass is 9.99. The lowest BCUT2D eigenvalue weighted by Gasteiger charge is -2.38. The Kier molecular flexibility index (Phi) is 6.50.